The smallest absolute Gasteiger partial charge is 0.161 e. The van der Waals surface area contributed by atoms with Crippen molar-refractivity contribution in [1.29, 1.82) is 0 Å². The van der Waals surface area contributed by atoms with Crippen LogP contribution in [0.15, 0.2) is 12.1 Å². The molecule has 0 bridgehead atoms. The maximum absolute atomic E-state index is 10.4. The Morgan fingerprint density at radius 2 is 2.00 bits per heavy atom. The number of aliphatic hydroxyl groups excluding tert-OH is 1. The summed E-state index contributed by atoms with van der Waals surface area (Å²) in [6.07, 6.45) is 6.30. The van der Waals surface area contributed by atoms with Crippen LogP contribution in [0.4, 0.5) is 0 Å². The molecule has 3 heteroatoms. The molecule has 0 saturated heterocycles. The van der Waals surface area contributed by atoms with Gasteiger partial charge in [-0.15, -0.1) is 0 Å². The monoisotopic (exact) mass is 302 g/mol. The van der Waals surface area contributed by atoms with Crippen molar-refractivity contribution in [3.63, 3.8) is 0 Å². The van der Waals surface area contributed by atoms with Crippen LogP contribution in [0, 0.1) is 17.3 Å². The molecule has 5 atom stereocenters. The van der Waals surface area contributed by atoms with Gasteiger partial charge in [0.15, 0.2) is 11.5 Å². The Balaban J connectivity index is 1.72. The fraction of sp³-hybridized carbons (Fsp3) is 0.684. The first-order valence-corrected chi connectivity index (χ1v) is 8.63. The number of benzene rings is 1. The molecule has 1 aromatic rings. The molecule has 1 aromatic carbocycles. The van der Waals surface area contributed by atoms with E-state index < -0.39 is 0 Å². The van der Waals surface area contributed by atoms with Crippen molar-refractivity contribution in [2.45, 2.75) is 57.5 Å². The summed E-state index contributed by atoms with van der Waals surface area (Å²) in [7, 11) is 1.61. The van der Waals surface area contributed by atoms with Crippen LogP contribution in [-0.2, 0) is 6.42 Å². The molecule has 3 aliphatic rings. The molecule has 120 valence electrons. The second-order valence-electron chi connectivity index (χ2n) is 7.74. The fourth-order valence-corrected chi connectivity index (χ4v) is 5.76. The number of hydrogen-bond acceptors (Lipinski definition) is 3. The Bertz CT molecular complexity index is 597. The van der Waals surface area contributed by atoms with Gasteiger partial charge in [-0.25, -0.2) is 0 Å². The van der Waals surface area contributed by atoms with Crippen LogP contribution in [0.5, 0.6) is 11.5 Å². The van der Waals surface area contributed by atoms with Crippen molar-refractivity contribution in [1.82, 2.24) is 0 Å². The minimum Gasteiger partial charge on any atom is -0.504 e. The molecular formula is C19H26O3. The second-order valence-corrected chi connectivity index (χ2v) is 7.74. The summed E-state index contributed by atoms with van der Waals surface area (Å²) >= 11 is 0. The predicted molar refractivity (Wildman–Crippen MR) is 85.3 cm³/mol. The molecule has 0 amide bonds. The Kier molecular flexibility index (Phi) is 3.19. The summed E-state index contributed by atoms with van der Waals surface area (Å²) in [4.78, 5) is 0. The van der Waals surface area contributed by atoms with Crippen LogP contribution in [0.2, 0.25) is 0 Å². The minimum atomic E-state index is -0.121. The van der Waals surface area contributed by atoms with E-state index in [1.165, 1.54) is 5.56 Å². The van der Waals surface area contributed by atoms with Crippen molar-refractivity contribution in [3.8, 4) is 11.5 Å². The van der Waals surface area contributed by atoms with E-state index in [-0.39, 0.29) is 11.5 Å². The molecule has 0 heterocycles. The average molecular weight is 302 g/mol. The summed E-state index contributed by atoms with van der Waals surface area (Å²) in [5, 5.41) is 20.9. The van der Waals surface area contributed by atoms with Gasteiger partial charge in [-0.2, -0.15) is 0 Å². The summed E-state index contributed by atoms with van der Waals surface area (Å²) in [5.74, 6) is 2.78. The van der Waals surface area contributed by atoms with E-state index in [1.807, 2.05) is 6.07 Å². The molecule has 1 unspecified atom stereocenters. The van der Waals surface area contributed by atoms with Gasteiger partial charge in [-0.1, -0.05) is 13.0 Å². The van der Waals surface area contributed by atoms with Gasteiger partial charge in [-0.05, 0) is 73.3 Å². The number of phenolic OH excluding ortho intramolecular Hbond substituents is 1. The lowest BCUT2D eigenvalue weighted by atomic mass is 9.55. The van der Waals surface area contributed by atoms with E-state index in [1.54, 1.807) is 7.11 Å². The van der Waals surface area contributed by atoms with E-state index >= 15 is 0 Å². The van der Waals surface area contributed by atoms with E-state index in [0.29, 0.717) is 29.3 Å². The van der Waals surface area contributed by atoms with E-state index in [9.17, 15) is 10.2 Å². The molecule has 2 fully saturated rings. The van der Waals surface area contributed by atoms with Crippen LogP contribution in [0.3, 0.4) is 0 Å². The number of methoxy groups -OCH3 is 1. The van der Waals surface area contributed by atoms with Crippen LogP contribution in [-0.4, -0.2) is 23.4 Å². The zero-order chi connectivity index (χ0) is 15.5. The number of ether oxygens (including phenoxy) is 1. The standard InChI is InChI=1S/C19H26O3/c1-19-10-9-12-11-5-7-16(22-2)18(21)14(11)4-3-13(12)15(19)6-8-17(19)20/h5,7,12-13,15,17,20-21H,3-4,6,8-10H2,1-2H3/t12-,13-,15+,17?,19+/m1/s1. The molecule has 4 rings (SSSR count). The van der Waals surface area contributed by atoms with Crippen LogP contribution in [0.1, 0.15) is 56.1 Å². The van der Waals surface area contributed by atoms with Crippen LogP contribution >= 0.6 is 0 Å². The zero-order valence-electron chi connectivity index (χ0n) is 13.5. The fourth-order valence-electron chi connectivity index (χ4n) is 5.76. The quantitative estimate of drug-likeness (QED) is 0.833. The maximum atomic E-state index is 10.4. The molecule has 0 aromatic heterocycles. The van der Waals surface area contributed by atoms with Crippen molar-refractivity contribution in [2.75, 3.05) is 7.11 Å². The van der Waals surface area contributed by atoms with Gasteiger partial charge in [0.25, 0.3) is 0 Å². The first-order chi connectivity index (χ1) is 10.6. The average Bonchev–Trinajstić information content (AvgIpc) is 2.83. The first-order valence-electron chi connectivity index (χ1n) is 8.63. The Morgan fingerprint density at radius 1 is 1.18 bits per heavy atom. The second kappa shape index (κ2) is 4.89. The number of hydrogen-bond donors (Lipinski definition) is 2. The number of rotatable bonds is 1. The van der Waals surface area contributed by atoms with E-state index in [0.717, 1.165) is 44.1 Å². The molecule has 0 aliphatic heterocycles. The van der Waals surface area contributed by atoms with Gasteiger partial charge in [-0.3, -0.25) is 0 Å². The van der Waals surface area contributed by atoms with Gasteiger partial charge in [0.05, 0.1) is 13.2 Å². The third-order valence-corrected chi connectivity index (χ3v) is 7.02. The van der Waals surface area contributed by atoms with Gasteiger partial charge in [0, 0.05) is 5.56 Å². The Hall–Kier alpha value is -1.22. The zero-order valence-corrected chi connectivity index (χ0v) is 13.5. The Morgan fingerprint density at radius 3 is 2.77 bits per heavy atom. The number of aliphatic hydroxyl groups is 1. The number of phenols is 1. The highest BCUT2D eigenvalue weighted by Gasteiger charge is 2.54. The third-order valence-electron chi connectivity index (χ3n) is 7.02. The lowest BCUT2D eigenvalue weighted by Gasteiger charge is -2.50. The predicted octanol–water partition coefficient (Wildman–Crippen LogP) is 3.62. The van der Waals surface area contributed by atoms with E-state index in [4.69, 9.17) is 4.74 Å². The molecule has 2 N–H and O–H groups in total. The molecule has 22 heavy (non-hydrogen) atoms. The van der Waals surface area contributed by atoms with Gasteiger partial charge in [0.1, 0.15) is 0 Å². The highest BCUT2D eigenvalue weighted by Crippen LogP contribution is 2.61. The van der Waals surface area contributed by atoms with Crippen LogP contribution < -0.4 is 4.74 Å². The van der Waals surface area contributed by atoms with Crippen molar-refractivity contribution >= 4 is 0 Å². The van der Waals surface area contributed by atoms with Crippen LogP contribution in [0.25, 0.3) is 0 Å². The highest BCUT2D eigenvalue weighted by atomic mass is 16.5. The molecule has 0 spiro atoms. The SMILES string of the molecule is COc1ccc2c(c1O)CC[C@@H]1[C@@H]2CC[C@]2(C)C(O)CC[C@@H]12. The van der Waals surface area contributed by atoms with Gasteiger partial charge >= 0.3 is 0 Å². The molecule has 2 saturated carbocycles. The third kappa shape index (κ3) is 1.78. The summed E-state index contributed by atoms with van der Waals surface area (Å²) < 4.78 is 5.26. The summed E-state index contributed by atoms with van der Waals surface area (Å²) in [6, 6.07) is 4.08. The number of aromatic hydroxyl groups is 1. The van der Waals surface area contributed by atoms with E-state index in [2.05, 4.69) is 13.0 Å². The van der Waals surface area contributed by atoms with Crippen molar-refractivity contribution in [3.05, 3.63) is 23.3 Å². The molecule has 3 nitrogen and oxygen atoms in total. The Labute approximate surface area is 132 Å². The molecule has 3 aliphatic carbocycles. The lowest BCUT2D eigenvalue weighted by Crippen LogP contribution is -2.43. The van der Waals surface area contributed by atoms with Gasteiger partial charge in [0.2, 0.25) is 0 Å². The molecule has 0 radical (unpaired) electrons. The summed E-state index contributed by atoms with van der Waals surface area (Å²) in [5.41, 5.74) is 2.55. The highest BCUT2D eigenvalue weighted by molar-refractivity contribution is 5.52. The largest absolute Gasteiger partial charge is 0.504 e. The van der Waals surface area contributed by atoms with Crippen molar-refractivity contribution in [2.24, 2.45) is 17.3 Å². The normalized spacial score (nSPS) is 39.8. The topological polar surface area (TPSA) is 49.7 Å². The van der Waals surface area contributed by atoms with Crippen molar-refractivity contribution < 1.29 is 14.9 Å². The maximum Gasteiger partial charge on any atom is 0.161 e. The van der Waals surface area contributed by atoms with Gasteiger partial charge < -0.3 is 14.9 Å². The number of fused-ring (bicyclic) bond motifs is 5. The molecular weight excluding hydrogens is 276 g/mol. The first kappa shape index (κ1) is 14.4. The summed E-state index contributed by atoms with van der Waals surface area (Å²) in [6.45, 7) is 2.30. The minimum absolute atomic E-state index is 0.118. The lowest BCUT2D eigenvalue weighted by molar-refractivity contribution is -0.0227.